The van der Waals surface area contributed by atoms with E-state index in [1.165, 1.54) is 0 Å². The van der Waals surface area contributed by atoms with Crippen molar-refractivity contribution in [1.29, 1.82) is 0 Å². The fraction of sp³-hybridized carbons (Fsp3) is 0.364. The van der Waals surface area contributed by atoms with Crippen molar-refractivity contribution >= 4 is 35.8 Å². The summed E-state index contributed by atoms with van der Waals surface area (Å²) in [5.41, 5.74) is 1.09. The SMILES string of the molecule is CCNC(=NCCC(=O)NCc1ccccc1)N(C)CCOc1ccccc1.I. The second-order valence-electron chi connectivity index (χ2n) is 6.33. The number of nitrogens with zero attached hydrogens (tertiary/aromatic N) is 2. The summed E-state index contributed by atoms with van der Waals surface area (Å²) in [6.07, 6.45) is 0.357. The molecule has 1 amide bonds. The molecule has 0 aromatic heterocycles. The number of carbonyl (C=O) groups is 1. The third-order valence-corrected chi connectivity index (χ3v) is 4.07. The summed E-state index contributed by atoms with van der Waals surface area (Å²) in [4.78, 5) is 18.6. The zero-order chi connectivity index (χ0) is 20.0. The first-order chi connectivity index (χ1) is 13.7. The Balaban J connectivity index is 0.00000420. The van der Waals surface area contributed by atoms with Crippen molar-refractivity contribution in [2.75, 3.05) is 33.3 Å². The Hall–Kier alpha value is -2.29. The van der Waals surface area contributed by atoms with Crippen LogP contribution in [0.2, 0.25) is 0 Å². The number of aliphatic imine (C=N–C) groups is 1. The Morgan fingerprint density at radius 1 is 1.03 bits per heavy atom. The Morgan fingerprint density at radius 3 is 2.34 bits per heavy atom. The van der Waals surface area contributed by atoms with Crippen LogP contribution in [0.25, 0.3) is 0 Å². The fourth-order valence-electron chi connectivity index (χ4n) is 2.54. The number of para-hydroxylation sites is 1. The highest BCUT2D eigenvalue weighted by atomic mass is 127. The van der Waals surface area contributed by atoms with E-state index in [1.54, 1.807) is 0 Å². The molecule has 0 radical (unpaired) electrons. The Bertz CT molecular complexity index is 726. The monoisotopic (exact) mass is 510 g/mol. The van der Waals surface area contributed by atoms with Crippen molar-refractivity contribution in [1.82, 2.24) is 15.5 Å². The molecular weight excluding hydrogens is 479 g/mol. The summed E-state index contributed by atoms with van der Waals surface area (Å²) >= 11 is 0. The van der Waals surface area contributed by atoms with E-state index in [0.29, 0.717) is 32.7 Å². The number of carbonyl (C=O) groups excluding carboxylic acids is 1. The molecule has 29 heavy (non-hydrogen) atoms. The topological polar surface area (TPSA) is 66.0 Å². The molecule has 6 nitrogen and oxygen atoms in total. The molecule has 0 heterocycles. The maximum atomic E-state index is 12.0. The smallest absolute Gasteiger partial charge is 0.222 e. The zero-order valence-electron chi connectivity index (χ0n) is 17.1. The van der Waals surface area contributed by atoms with Gasteiger partial charge in [-0.25, -0.2) is 0 Å². The molecular formula is C22H31IN4O2. The minimum atomic E-state index is -0.00137. The predicted molar refractivity (Wildman–Crippen MR) is 129 cm³/mol. The molecule has 158 valence electrons. The Labute approximate surface area is 190 Å². The number of nitrogens with one attached hydrogen (secondary N) is 2. The Morgan fingerprint density at radius 2 is 1.69 bits per heavy atom. The molecule has 0 atom stereocenters. The molecule has 0 bridgehead atoms. The zero-order valence-corrected chi connectivity index (χ0v) is 19.5. The number of hydrogen-bond acceptors (Lipinski definition) is 3. The van der Waals surface area contributed by atoms with Crippen molar-refractivity contribution < 1.29 is 9.53 Å². The van der Waals surface area contributed by atoms with Gasteiger partial charge < -0.3 is 20.3 Å². The van der Waals surface area contributed by atoms with E-state index in [9.17, 15) is 4.79 Å². The van der Waals surface area contributed by atoms with E-state index in [-0.39, 0.29) is 29.9 Å². The lowest BCUT2D eigenvalue weighted by molar-refractivity contribution is -0.121. The molecule has 0 saturated heterocycles. The number of rotatable bonds is 10. The van der Waals surface area contributed by atoms with E-state index < -0.39 is 0 Å². The highest BCUT2D eigenvalue weighted by Crippen LogP contribution is 2.07. The number of benzene rings is 2. The van der Waals surface area contributed by atoms with Gasteiger partial charge in [-0.2, -0.15) is 0 Å². The number of hydrogen-bond donors (Lipinski definition) is 2. The van der Waals surface area contributed by atoms with Gasteiger partial charge in [-0.3, -0.25) is 9.79 Å². The van der Waals surface area contributed by atoms with Gasteiger partial charge in [0.1, 0.15) is 12.4 Å². The first-order valence-corrected chi connectivity index (χ1v) is 9.67. The minimum absolute atomic E-state index is 0. The van der Waals surface area contributed by atoms with E-state index in [4.69, 9.17) is 4.74 Å². The molecule has 2 rings (SSSR count). The molecule has 0 aliphatic rings. The van der Waals surface area contributed by atoms with Crippen LogP contribution in [0.3, 0.4) is 0 Å². The maximum absolute atomic E-state index is 12.0. The van der Waals surface area contributed by atoms with Crippen molar-refractivity contribution in [3.05, 3.63) is 66.2 Å². The van der Waals surface area contributed by atoms with Gasteiger partial charge in [0.25, 0.3) is 0 Å². The van der Waals surface area contributed by atoms with Gasteiger partial charge in [0, 0.05) is 26.6 Å². The minimum Gasteiger partial charge on any atom is -0.492 e. The van der Waals surface area contributed by atoms with Gasteiger partial charge in [-0.05, 0) is 24.6 Å². The predicted octanol–water partition coefficient (Wildman–Crippen LogP) is 3.29. The largest absolute Gasteiger partial charge is 0.492 e. The number of likely N-dealkylation sites (N-methyl/N-ethyl adjacent to an activating group) is 1. The van der Waals surface area contributed by atoms with E-state index in [1.807, 2.05) is 79.5 Å². The molecule has 0 unspecified atom stereocenters. The lowest BCUT2D eigenvalue weighted by Crippen LogP contribution is -2.41. The Kier molecular flexibility index (Phi) is 12.5. The van der Waals surface area contributed by atoms with Crippen LogP contribution in [0, 0.1) is 0 Å². The first-order valence-electron chi connectivity index (χ1n) is 9.67. The van der Waals surface area contributed by atoms with Crippen molar-refractivity contribution in [2.24, 2.45) is 4.99 Å². The summed E-state index contributed by atoms with van der Waals surface area (Å²) in [6.45, 7) is 5.02. The van der Waals surface area contributed by atoms with E-state index in [2.05, 4.69) is 15.6 Å². The van der Waals surface area contributed by atoms with Gasteiger partial charge in [0.2, 0.25) is 5.91 Å². The quantitative estimate of drug-likeness (QED) is 0.293. The van der Waals surface area contributed by atoms with Crippen LogP contribution in [0.5, 0.6) is 5.75 Å². The molecule has 2 N–H and O–H groups in total. The summed E-state index contributed by atoms with van der Waals surface area (Å²) in [5.74, 6) is 1.63. The summed E-state index contributed by atoms with van der Waals surface area (Å²) in [5, 5.41) is 6.18. The molecule has 0 spiro atoms. The average Bonchev–Trinajstić information content (AvgIpc) is 2.73. The van der Waals surface area contributed by atoms with Crippen LogP contribution in [-0.2, 0) is 11.3 Å². The van der Waals surface area contributed by atoms with Crippen LogP contribution in [0.4, 0.5) is 0 Å². The van der Waals surface area contributed by atoms with Crippen LogP contribution >= 0.6 is 24.0 Å². The normalized spacial score (nSPS) is 10.6. The molecule has 7 heteroatoms. The van der Waals surface area contributed by atoms with Gasteiger partial charge in [0.15, 0.2) is 5.96 Å². The highest BCUT2D eigenvalue weighted by molar-refractivity contribution is 14.0. The average molecular weight is 510 g/mol. The van der Waals surface area contributed by atoms with Gasteiger partial charge in [0.05, 0.1) is 13.1 Å². The fourth-order valence-corrected chi connectivity index (χ4v) is 2.54. The third-order valence-electron chi connectivity index (χ3n) is 4.07. The van der Waals surface area contributed by atoms with Crippen LogP contribution < -0.4 is 15.4 Å². The second-order valence-corrected chi connectivity index (χ2v) is 6.33. The van der Waals surface area contributed by atoms with Crippen LogP contribution in [0.1, 0.15) is 18.9 Å². The van der Waals surface area contributed by atoms with Crippen molar-refractivity contribution in [3.63, 3.8) is 0 Å². The van der Waals surface area contributed by atoms with Gasteiger partial charge >= 0.3 is 0 Å². The van der Waals surface area contributed by atoms with Crippen LogP contribution in [0.15, 0.2) is 65.7 Å². The number of amides is 1. The summed E-state index contributed by atoms with van der Waals surface area (Å²) in [6, 6.07) is 19.6. The standard InChI is InChI=1S/C22H30N4O2.HI/c1-3-23-22(26(2)16-17-28-20-12-8-5-9-13-20)24-15-14-21(27)25-18-19-10-6-4-7-11-19;/h4-13H,3,14-18H2,1-2H3,(H,23,24)(H,25,27);1H. The first kappa shape index (κ1) is 24.7. The number of ether oxygens (including phenoxy) is 1. The molecule has 2 aromatic rings. The molecule has 0 aliphatic carbocycles. The lowest BCUT2D eigenvalue weighted by atomic mass is 10.2. The van der Waals surface area contributed by atoms with E-state index in [0.717, 1.165) is 23.8 Å². The molecule has 2 aromatic carbocycles. The summed E-state index contributed by atoms with van der Waals surface area (Å²) < 4.78 is 5.73. The second kappa shape index (κ2) is 14.7. The number of halogens is 1. The van der Waals surface area contributed by atoms with Crippen molar-refractivity contribution in [2.45, 2.75) is 19.9 Å². The molecule has 0 aliphatic heterocycles. The van der Waals surface area contributed by atoms with Crippen LogP contribution in [-0.4, -0.2) is 50.1 Å². The van der Waals surface area contributed by atoms with Crippen molar-refractivity contribution in [3.8, 4) is 5.75 Å². The molecule has 0 saturated carbocycles. The van der Waals surface area contributed by atoms with Gasteiger partial charge in [-0.15, -0.1) is 24.0 Å². The number of guanidine groups is 1. The third kappa shape index (κ3) is 10.2. The summed E-state index contributed by atoms with van der Waals surface area (Å²) in [7, 11) is 1.96. The van der Waals surface area contributed by atoms with Gasteiger partial charge in [-0.1, -0.05) is 48.5 Å². The molecule has 0 fully saturated rings. The lowest BCUT2D eigenvalue weighted by Gasteiger charge is -2.22. The van der Waals surface area contributed by atoms with E-state index >= 15 is 0 Å². The highest BCUT2D eigenvalue weighted by Gasteiger charge is 2.07. The maximum Gasteiger partial charge on any atom is 0.222 e.